The Morgan fingerprint density at radius 1 is 1.08 bits per heavy atom. The second kappa shape index (κ2) is 10.8. The molecule has 4 aromatic rings. The number of hydrogen-bond acceptors (Lipinski definition) is 8. The third-order valence-electron chi connectivity index (χ3n) is 7.68. The van der Waals surface area contributed by atoms with Gasteiger partial charge in [0.1, 0.15) is 21.5 Å². The Morgan fingerprint density at radius 2 is 1.90 bits per heavy atom. The van der Waals surface area contributed by atoms with E-state index in [9.17, 15) is 4.79 Å². The molecule has 0 atom stereocenters. The fourth-order valence-corrected chi connectivity index (χ4v) is 6.51. The summed E-state index contributed by atoms with van der Waals surface area (Å²) in [5.74, 6) is 3.00. The van der Waals surface area contributed by atoms with Crippen LogP contribution in [0, 0.1) is 12.8 Å². The number of anilines is 2. The van der Waals surface area contributed by atoms with Gasteiger partial charge < -0.3 is 20.3 Å². The Balaban J connectivity index is 1.03. The van der Waals surface area contributed by atoms with E-state index in [1.807, 2.05) is 56.3 Å². The topological polar surface area (TPSA) is 92.3 Å². The van der Waals surface area contributed by atoms with Crippen LogP contribution >= 0.6 is 11.3 Å². The Morgan fingerprint density at radius 3 is 2.72 bits per heavy atom. The van der Waals surface area contributed by atoms with Crippen LogP contribution in [-0.4, -0.2) is 54.1 Å². The molecule has 2 aromatic heterocycles. The van der Waals surface area contributed by atoms with Crippen LogP contribution in [0.4, 0.5) is 11.8 Å². The number of fused-ring (bicyclic) bond motifs is 2. The summed E-state index contributed by atoms with van der Waals surface area (Å²) in [5, 5.41) is 8.69. The van der Waals surface area contributed by atoms with Crippen LogP contribution in [0.3, 0.4) is 0 Å². The van der Waals surface area contributed by atoms with Crippen molar-refractivity contribution in [2.24, 2.45) is 5.92 Å². The molecule has 1 amide bonds. The van der Waals surface area contributed by atoms with Gasteiger partial charge in [0.2, 0.25) is 5.95 Å². The highest BCUT2D eigenvalue weighted by Crippen LogP contribution is 2.34. The number of hydrogen-bond donors (Lipinski definition) is 2. The number of carbonyl (C=O) groups excluding carboxylic acids is 1. The Hall–Kier alpha value is -3.72. The number of thiazole rings is 1. The second-order valence-corrected chi connectivity index (χ2v) is 11.7. The first-order valence-corrected chi connectivity index (χ1v) is 14.5. The number of rotatable bonds is 7. The lowest BCUT2D eigenvalue weighted by Crippen LogP contribution is -2.34. The largest absolute Gasteiger partial charge is 0.493 e. The summed E-state index contributed by atoms with van der Waals surface area (Å²) in [7, 11) is 4.02. The number of aryl methyl sites for hydroxylation is 1. The van der Waals surface area contributed by atoms with Crippen LogP contribution in [0.15, 0.2) is 42.5 Å². The van der Waals surface area contributed by atoms with Crippen molar-refractivity contribution in [2.75, 3.05) is 37.5 Å². The Bertz CT molecular complexity index is 1510. The smallest absolute Gasteiger partial charge is 0.263 e. The zero-order chi connectivity index (χ0) is 26.9. The first-order chi connectivity index (χ1) is 18.9. The average molecular weight is 543 g/mol. The number of carbonyl (C=O) groups is 1. The molecule has 6 rings (SSSR count). The maximum atomic E-state index is 13.0. The number of nitrogens with zero attached hydrogens (tertiary/aromatic N) is 4. The zero-order valence-corrected chi connectivity index (χ0v) is 23.5. The lowest BCUT2D eigenvalue weighted by Gasteiger charge is -2.29. The van der Waals surface area contributed by atoms with Crippen molar-refractivity contribution < 1.29 is 9.53 Å². The molecule has 39 heavy (non-hydrogen) atoms. The van der Waals surface area contributed by atoms with Gasteiger partial charge in [0.25, 0.3) is 5.91 Å². The van der Waals surface area contributed by atoms with Crippen molar-refractivity contribution in [1.29, 1.82) is 0 Å². The molecular weight excluding hydrogens is 508 g/mol. The van der Waals surface area contributed by atoms with Crippen molar-refractivity contribution >= 4 is 39.9 Å². The molecule has 2 aliphatic rings. The monoisotopic (exact) mass is 542 g/mol. The SMILES string of the molecule is Cc1nc(-c2ccc3c(c2)CCO3)sc1C(=O)NC[C@H]1CC[C@@H](Nc2nc(N(C)C)c3ccccc3n2)CC1. The highest BCUT2D eigenvalue weighted by atomic mass is 32.1. The second-order valence-electron chi connectivity index (χ2n) is 10.7. The molecule has 0 bridgehead atoms. The molecule has 9 heteroatoms. The Labute approximate surface area is 232 Å². The lowest BCUT2D eigenvalue weighted by atomic mass is 9.86. The van der Waals surface area contributed by atoms with Gasteiger partial charge >= 0.3 is 0 Å². The van der Waals surface area contributed by atoms with Gasteiger partial charge in [-0.25, -0.2) is 9.97 Å². The van der Waals surface area contributed by atoms with E-state index >= 15 is 0 Å². The molecule has 0 saturated heterocycles. The number of amides is 1. The molecule has 1 saturated carbocycles. The summed E-state index contributed by atoms with van der Waals surface area (Å²) in [6.07, 6.45) is 5.08. The van der Waals surface area contributed by atoms with Crippen molar-refractivity contribution in [2.45, 2.75) is 45.1 Å². The van der Waals surface area contributed by atoms with Crippen LogP contribution in [0.25, 0.3) is 21.5 Å². The van der Waals surface area contributed by atoms with E-state index in [-0.39, 0.29) is 5.91 Å². The van der Waals surface area contributed by atoms with Crippen LogP contribution in [0.5, 0.6) is 5.75 Å². The summed E-state index contributed by atoms with van der Waals surface area (Å²) in [6, 6.07) is 14.6. The number of para-hydroxylation sites is 1. The molecule has 2 N–H and O–H groups in total. The number of nitrogens with one attached hydrogen (secondary N) is 2. The molecule has 1 fully saturated rings. The molecule has 1 aliphatic heterocycles. The van der Waals surface area contributed by atoms with Gasteiger partial charge in [0.05, 0.1) is 17.8 Å². The van der Waals surface area contributed by atoms with E-state index in [2.05, 4.69) is 22.8 Å². The minimum atomic E-state index is -0.0261. The summed E-state index contributed by atoms with van der Waals surface area (Å²) in [6.45, 7) is 3.33. The molecule has 0 radical (unpaired) electrons. The zero-order valence-electron chi connectivity index (χ0n) is 22.7. The van der Waals surface area contributed by atoms with Gasteiger partial charge in [-0.05, 0) is 74.4 Å². The molecular formula is C30H34N6O2S. The first-order valence-electron chi connectivity index (χ1n) is 13.7. The van der Waals surface area contributed by atoms with Crippen LogP contribution in [-0.2, 0) is 6.42 Å². The van der Waals surface area contributed by atoms with Crippen molar-refractivity contribution in [3.8, 4) is 16.3 Å². The summed E-state index contributed by atoms with van der Waals surface area (Å²) in [4.78, 5) is 30.0. The summed E-state index contributed by atoms with van der Waals surface area (Å²) < 4.78 is 5.62. The van der Waals surface area contributed by atoms with Gasteiger partial charge in [-0.3, -0.25) is 4.79 Å². The normalized spacial score (nSPS) is 18.4. The molecule has 8 nitrogen and oxygen atoms in total. The minimum absolute atomic E-state index is 0.0261. The average Bonchev–Trinajstić information content (AvgIpc) is 3.58. The number of benzene rings is 2. The number of ether oxygens (including phenoxy) is 1. The molecule has 1 aliphatic carbocycles. The standard InChI is InChI=1S/C30H34N6O2S/c1-18-26(39-29(32-18)21-10-13-25-20(16-21)14-15-38-25)28(37)31-17-19-8-11-22(12-9-19)33-30-34-24-7-5-4-6-23(24)27(35-30)36(2)3/h4-7,10,13,16,19,22H,8-9,11-12,14-15,17H2,1-3H3,(H,31,37)(H,33,34,35)/t19-,22+. The predicted molar refractivity (Wildman–Crippen MR) is 157 cm³/mol. The Kier molecular flexibility index (Phi) is 7.08. The van der Waals surface area contributed by atoms with Crippen LogP contribution in [0.1, 0.15) is 46.6 Å². The van der Waals surface area contributed by atoms with Crippen molar-refractivity contribution in [3.63, 3.8) is 0 Å². The van der Waals surface area contributed by atoms with Gasteiger partial charge in [-0.2, -0.15) is 4.98 Å². The fraction of sp³-hybridized carbons (Fsp3) is 0.400. The molecule has 202 valence electrons. The minimum Gasteiger partial charge on any atom is -0.493 e. The highest BCUT2D eigenvalue weighted by molar-refractivity contribution is 7.17. The first kappa shape index (κ1) is 25.6. The third kappa shape index (κ3) is 5.41. The fourth-order valence-electron chi connectivity index (χ4n) is 5.53. The van der Waals surface area contributed by atoms with Gasteiger partial charge in [0, 0.05) is 44.1 Å². The van der Waals surface area contributed by atoms with E-state index in [4.69, 9.17) is 19.7 Å². The molecule has 0 unspecified atom stereocenters. The number of aromatic nitrogens is 3. The van der Waals surface area contributed by atoms with E-state index in [1.165, 1.54) is 16.9 Å². The van der Waals surface area contributed by atoms with Gasteiger partial charge in [0.15, 0.2) is 0 Å². The van der Waals surface area contributed by atoms with Crippen molar-refractivity contribution in [1.82, 2.24) is 20.3 Å². The van der Waals surface area contributed by atoms with Crippen molar-refractivity contribution in [3.05, 3.63) is 58.6 Å². The summed E-state index contributed by atoms with van der Waals surface area (Å²) >= 11 is 1.47. The predicted octanol–water partition coefficient (Wildman–Crippen LogP) is 5.46. The van der Waals surface area contributed by atoms with Gasteiger partial charge in [-0.15, -0.1) is 11.3 Å². The van der Waals surface area contributed by atoms with E-state index in [1.54, 1.807) is 0 Å². The van der Waals surface area contributed by atoms with E-state index in [0.29, 0.717) is 29.3 Å². The highest BCUT2D eigenvalue weighted by Gasteiger charge is 2.24. The van der Waals surface area contributed by atoms with E-state index in [0.717, 1.165) is 77.4 Å². The molecule has 3 heterocycles. The van der Waals surface area contributed by atoms with Gasteiger partial charge in [-0.1, -0.05) is 12.1 Å². The maximum Gasteiger partial charge on any atom is 0.263 e. The third-order valence-corrected chi connectivity index (χ3v) is 8.88. The quantitative estimate of drug-likeness (QED) is 0.320. The molecule has 2 aromatic carbocycles. The molecule has 0 spiro atoms. The van der Waals surface area contributed by atoms with Crippen LogP contribution in [0.2, 0.25) is 0 Å². The summed E-state index contributed by atoms with van der Waals surface area (Å²) in [5.41, 5.74) is 3.98. The maximum absolute atomic E-state index is 13.0. The van der Waals surface area contributed by atoms with E-state index < -0.39 is 0 Å². The lowest BCUT2D eigenvalue weighted by molar-refractivity contribution is 0.0946. The van der Waals surface area contributed by atoms with Crippen LogP contribution < -0.4 is 20.3 Å².